The fraction of sp³-hybridized carbons (Fsp3) is 0.538. The van der Waals surface area contributed by atoms with Crippen LogP contribution in [0.5, 0.6) is 0 Å². The van der Waals surface area contributed by atoms with Gasteiger partial charge >= 0.3 is 0 Å². The summed E-state index contributed by atoms with van der Waals surface area (Å²) < 4.78 is 0.992. The Morgan fingerprint density at radius 3 is 3.06 bits per heavy atom. The number of hydrogen-bond donors (Lipinski definition) is 0. The SMILES string of the molecule is CC(=O)C1CCCCN1Cc1cncc(Br)c1. The van der Waals surface area contributed by atoms with Gasteiger partial charge in [0.25, 0.3) is 0 Å². The van der Waals surface area contributed by atoms with Crippen LogP contribution in [0.4, 0.5) is 0 Å². The summed E-state index contributed by atoms with van der Waals surface area (Å²) in [7, 11) is 0. The van der Waals surface area contributed by atoms with Crippen LogP contribution >= 0.6 is 15.9 Å². The second-order valence-corrected chi connectivity index (χ2v) is 5.52. The van der Waals surface area contributed by atoms with Crippen molar-refractivity contribution in [2.45, 2.75) is 38.8 Å². The van der Waals surface area contributed by atoms with Crippen LogP contribution in [-0.4, -0.2) is 28.3 Å². The van der Waals surface area contributed by atoms with Gasteiger partial charge in [-0.25, -0.2) is 0 Å². The fourth-order valence-corrected chi connectivity index (χ4v) is 2.83. The van der Waals surface area contributed by atoms with E-state index in [0.29, 0.717) is 0 Å². The highest BCUT2D eigenvalue weighted by atomic mass is 79.9. The van der Waals surface area contributed by atoms with E-state index >= 15 is 0 Å². The summed E-state index contributed by atoms with van der Waals surface area (Å²) in [6.07, 6.45) is 7.00. The molecule has 0 aliphatic carbocycles. The average molecular weight is 297 g/mol. The number of aromatic nitrogens is 1. The van der Waals surface area contributed by atoms with E-state index in [0.717, 1.165) is 36.0 Å². The standard InChI is InChI=1S/C13H17BrN2O/c1-10(17)13-4-2-3-5-16(13)9-11-6-12(14)8-15-7-11/h6-8,13H,2-5,9H2,1H3. The predicted octanol–water partition coefficient (Wildman–Crippen LogP) is 2.79. The summed E-state index contributed by atoms with van der Waals surface area (Å²) in [5.41, 5.74) is 1.16. The molecule has 0 spiro atoms. The van der Waals surface area contributed by atoms with Crippen LogP contribution in [0.3, 0.4) is 0 Å². The van der Waals surface area contributed by atoms with Crippen LogP contribution < -0.4 is 0 Å². The zero-order chi connectivity index (χ0) is 12.3. The first kappa shape index (κ1) is 12.7. The molecule has 0 saturated carbocycles. The first-order valence-electron chi connectivity index (χ1n) is 6.01. The third-order valence-electron chi connectivity index (χ3n) is 3.23. The number of piperidine rings is 1. The van der Waals surface area contributed by atoms with Gasteiger partial charge < -0.3 is 0 Å². The van der Waals surface area contributed by atoms with Gasteiger partial charge in [-0.15, -0.1) is 0 Å². The van der Waals surface area contributed by atoms with Gasteiger partial charge in [0.1, 0.15) is 5.78 Å². The summed E-state index contributed by atoms with van der Waals surface area (Å²) >= 11 is 3.42. The van der Waals surface area contributed by atoms with Crippen LogP contribution in [0.1, 0.15) is 31.7 Å². The van der Waals surface area contributed by atoms with Crippen molar-refractivity contribution < 1.29 is 4.79 Å². The summed E-state index contributed by atoms with van der Waals surface area (Å²) in [5.74, 6) is 0.285. The summed E-state index contributed by atoms with van der Waals surface area (Å²) in [4.78, 5) is 18.0. The monoisotopic (exact) mass is 296 g/mol. The van der Waals surface area contributed by atoms with E-state index < -0.39 is 0 Å². The minimum Gasteiger partial charge on any atom is -0.298 e. The molecule has 0 N–H and O–H groups in total. The topological polar surface area (TPSA) is 33.2 Å². The van der Waals surface area contributed by atoms with Crippen molar-refractivity contribution in [2.24, 2.45) is 0 Å². The van der Waals surface area contributed by atoms with Gasteiger partial charge in [0.05, 0.1) is 6.04 Å². The van der Waals surface area contributed by atoms with Crippen molar-refractivity contribution in [3.63, 3.8) is 0 Å². The molecule has 0 amide bonds. The Morgan fingerprint density at radius 2 is 2.35 bits per heavy atom. The number of Topliss-reactive ketones (excluding diaryl/α,β-unsaturated/α-hetero) is 1. The molecule has 4 heteroatoms. The smallest absolute Gasteiger partial charge is 0.146 e. The molecule has 0 aromatic carbocycles. The largest absolute Gasteiger partial charge is 0.298 e. The third-order valence-corrected chi connectivity index (χ3v) is 3.66. The Bertz CT molecular complexity index is 408. The van der Waals surface area contributed by atoms with Crippen molar-refractivity contribution >= 4 is 21.7 Å². The van der Waals surface area contributed by atoms with Gasteiger partial charge in [0, 0.05) is 23.4 Å². The highest BCUT2D eigenvalue weighted by Gasteiger charge is 2.25. The molecule has 0 bridgehead atoms. The molecule has 1 unspecified atom stereocenters. The van der Waals surface area contributed by atoms with E-state index in [2.05, 4.69) is 31.9 Å². The molecule has 1 aliphatic rings. The zero-order valence-corrected chi connectivity index (χ0v) is 11.6. The number of nitrogens with zero attached hydrogens (tertiary/aromatic N) is 2. The number of carbonyl (C=O) groups excluding carboxylic acids is 1. The maximum atomic E-state index is 11.6. The van der Waals surface area contributed by atoms with Crippen molar-refractivity contribution in [3.8, 4) is 0 Å². The lowest BCUT2D eigenvalue weighted by Gasteiger charge is -2.34. The number of hydrogen-bond acceptors (Lipinski definition) is 3. The van der Waals surface area contributed by atoms with Gasteiger partial charge in [-0.05, 0) is 53.9 Å². The Labute approximate surface area is 110 Å². The van der Waals surface area contributed by atoms with Gasteiger partial charge in [0.2, 0.25) is 0 Å². The molecular weight excluding hydrogens is 280 g/mol. The molecule has 0 radical (unpaired) electrons. The van der Waals surface area contributed by atoms with Gasteiger partial charge in [-0.3, -0.25) is 14.7 Å². The molecule has 1 aromatic rings. The first-order chi connectivity index (χ1) is 8.16. The normalized spacial score (nSPS) is 21.4. The van der Waals surface area contributed by atoms with Gasteiger partial charge in [-0.2, -0.15) is 0 Å². The minimum atomic E-state index is 0.0998. The van der Waals surface area contributed by atoms with E-state index in [9.17, 15) is 4.79 Å². The van der Waals surface area contributed by atoms with Crippen molar-refractivity contribution in [1.29, 1.82) is 0 Å². The number of rotatable bonds is 3. The number of halogens is 1. The summed E-state index contributed by atoms with van der Waals surface area (Å²) in [5, 5.41) is 0. The minimum absolute atomic E-state index is 0.0998. The molecule has 92 valence electrons. The maximum absolute atomic E-state index is 11.6. The van der Waals surface area contributed by atoms with Gasteiger partial charge in [0.15, 0.2) is 0 Å². The van der Waals surface area contributed by atoms with Crippen molar-refractivity contribution in [2.75, 3.05) is 6.54 Å². The quantitative estimate of drug-likeness (QED) is 0.860. The average Bonchev–Trinajstić information content (AvgIpc) is 2.29. The van der Waals surface area contributed by atoms with Crippen LogP contribution in [0.15, 0.2) is 22.9 Å². The molecule has 1 aromatic heterocycles. The molecular formula is C13H17BrN2O. The van der Waals surface area contributed by atoms with E-state index in [1.54, 1.807) is 13.1 Å². The predicted molar refractivity (Wildman–Crippen MR) is 70.7 cm³/mol. The van der Waals surface area contributed by atoms with Crippen molar-refractivity contribution in [1.82, 2.24) is 9.88 Å². The van der Waals surface area contributed by atoms with Crippen molar-refractivity contribution in [3.05, 3.63) is 28.5 Å². The third kappa shape index (κ3) is 3.36. The van der Waals surface area contributed by atoms with Crippen LogP contribution in [0.2, 0.25) is 0 Å². The summed E-state index contributed by atoms with van der Waals surface area (Å²) in [6, 6.07) is 2.17. The number of pyridine rings is 1. The number of ketones is 1. The second-order valence-electron chi connectivity index (χ2n) is 4.60. The van der Waals surface area contributed by atoms with Crippen LogP contribution in [-0.2, 0) is 11.3 Å². The Morgan fingerprint density at radius 1 is 1.53 bits per heavy atom. The van der Waals surface area contributed by atoms with Crippen LogP contribution in [0, 0.1) is 0 Å². The maximum Gasteiger partial charge on any atom is 0.146 e. The van der Waals surface area contributed by atoms with E-state index in [1.807, 2.05) is 6.20 Å². The van der Waals surface area contributed by atoms with E-state index in [4.69, 9.17) is 0 Å². The molecule has 2 heterocycles. The lowest BCUT2D eigenvalue weighted by Crippen LogP contribution is -2.43. The highest BCUT2D eigenvalue weighted by molar-refractivity contribution is 9.10. The molecule has 1 saturated heterocycles. The highest BCUT2D eigenvalue weighted by Crippen LogP contribution is 2.21. The lowest BCUT2D eigenvalue weighted by atomic mass is 9.98. The molecule has 3 nitrogen and oxygen atoms in total. The van der Waals surface area contributed by atoms with E-state index in [-0.39, 0.29) is 11.8 Å². The summed E-state index contributed by atoms with van der Waals surface area (Å²) in [6.45, 7) is 3.52. The number of likely N-dealkylation sites (tertiary alicyclic amines) is 1. The molecule has 1 aliphatic heterocycles. The Balaban J connectivity index is 2.08. The number of carbonyl (C=O) groups is 1. The van der Waals surface area contributed by atoms with Crippen LogP contribution in [0.25, 0.3) is 0 Å². The Kier molecular flexibility index (Phi) is 4.29. The molecule has 17 heavy (non-hydrogen) atoms. The van der Waals surface area contributed by atoms with Gasteiger partial charge in [-0.1, -0.05) is 6.42 Å². The zero-order valence-electron chi connectivity index (χ0n) is 10.0. The molecule has 1 fully saturated rings. The fourth-order valence-electron chi connectivity index (χ4n) is 2.42. The Hall–Kier alpha value is -0.740. The first-order valence-corrected chi connectivity index (χ1v) is 6.80. The van der Waals surface area contributed by atoms with E-state index in [1.165, 1.54) is 6.42 Å². The second kappa shape index (κ2) is 5.74. The molecule has 2 rings (SSSR count). The molecule has 1 atom stereocenters. The lowest BCUT2D eigenvalue weighted by molar-refractivity contribution is -0.123.